The molecule has 0 aliphatic carbocycles. The molecule has 1 rings (SSSR count). The fourth-order valence-electron chi connectivity index (χ4n) is 1.28. The molecule has 4 heteroatoms. The quantitative estimate of drug-likeness (QED) is 0.797. The second kappa shape index (κ2) is 6.36. The van der Waals surface area contributed by atoms with E-state index in [0.29, 0.717) is 17.1 Å². The van der Waals surface area contributed by atoms with Gasteiger partial charge in [0.2, 0.25) is 0 Å². The Morgan fingerprint density at radius 2 is 2.27 bits per heavy atom. The topological polar surface area (TPSA) is 12.0 Å². The summed E-state index contributed by atoms with van der Waals surface area (Å²) in [4.78, 5) is 1.01. The van der Waals surface area contributed by atoms with Crippen LogP contribution in [0.1, 0.15) is 18.7 Å². The molecule has 0 fully saturated rings. The first-order valence-corrected chi connectivity index (χ1v) is 6.26. The van der Waals surface area contributed by atoms with E-state index in [0.717, 1.165) is 10.6 Å². The Balaban J connectivity index is 2.81. The first-order chi connectivity index (χ1) is 7.19. The molecule has 0 amide bonds. The van der Waals surface area contributed by atoms with E-state index in [2.05, 4.69) is 12.2 Å². The number of likely N-dealkylation sites (N-methyl/N-ethyl adjacent to an activating group) is 1. The minimum absolute atomic E-state index is 0.316. The van der Waals surface area contributed by atoms with Crippen LogP contribution in [0, 0.1) is 0 Å². The first kappa shape index (κ1) is 12.8. The van der Waals surface area contributed by atoms with E-state index in [1.54, 1.807) is 30.9 Å². The van der Waals surface area contributed by atoms with Gasteiger partial charge < -0.3 is 5.32 Å². The van der Waals surface area contributed by atoms with Gasteiger partial charge in [0.1, 0.15) is 6.17 Å². The van der Waals surface area contributed by atoms with Crippen molar-refractivity contribution in [3.8, 4) is 0 Å². The molecule has 1 unspecified atom stereocenters. The normalized spacial score (nSPS) is 12.8. The molecule has 0 aliphatic heterocycles. The highest BCUT2D eigenvalue weighted by Gasteiger charge is 2.10. The molecule has 0 radical (unpaired) electrons. The van der Waals surface area contributed by atoms with E-state index in [9.17, 15) is 4.39 Å². The molecule has 0 saturated carbocycles. The lowest BCUT2D eigenvalue weighted by atomic mass is 10.1. The fourth-order valence-corrected chi connectivity index (χ4v) is 2.31. The Kier molecular flexibility index (Phi) is 5.43. The van der Waals surface area contributed by atoms with Crippen LogP contribution in [-0.2, 0) is 0 Å². The maximum Gasteiger partial charge on any atom is 0.138 e. The molecule has 0 aromatic heterocycles. The predicted octanol–water partition coefficient (Wildman–Crippen LogP) is 3.68. The van der Waals surface area contributed by atoms with Gasteiger partial charge in [0.05, 0.1) is 5.02 Å². The van der Waals surface area contributed by atoms with Gasteiger partial charge >= 0.3 is 0 Å². The number of hydrogen-bond donors (Lipinski definition) is 1. The van der Waals surface area contributed by atoms with Crippen LogP contribution in [-0.4, -0.2) is 19.3 Å². The summed E-state index contributed by atoms with van der Waals surface area (Å²) >= 11 is 7.71. The van der Waals surface area contributed by atoms with Crippen molar-refractivity contribution in [2.24, 2.45) is 0 Å². The number of benzene rings is 1. The van der Waals surface area contributed by atoms with Gasteiger partial charge in [-0.1, -0.05) is 24.6 Å². The largest absolute Gasteiger partial charge is 0.317 e. The Bertz CT molecular complexity index is 319. The minimum atomic E-state index is -0.992. The fraction of sp³-hybridized carbons (Fsp3) is 0.455. The second-order valence-corrected chi connectivity index (χ2v) is 4.86. The van der Waals surface area contributed by atoms with Crippen molar-refractivity contribution in [1.29, 1.82) is 0 Å². The van der Waals surface area contributed by atoms with Gasteiger partial charge in [0, 0.05) is 11.4 Å². The van der Waals surface area contributed by atoms with Crippen LogP contribution in [0.5, 0.6) is 0 Å². The zero-order chi connectivity index (χ0) is 11.3. The SMILES string of the molecule is CCSc1ccc(C(F)CNC)cc1Cl. The van der Waals surface area contributed by atoms with Crippen LogP contribution in [0.4, 0.5) is 4.39 Å². The van der Waals surface area contributed by atoms with Gasteiger partial charge in [-0.2, -0.15) is 0 Å². The summed E-state index contributed by atoms with van der Waals surface area (Å²) in [6, 6.07) is 5.39. The summed E-state index contributed by atoms with van der Waals surface area (Å²) in [5.41, 5.74) is 0.634. The van der Waals surface area contributed by atoms with E-state index < -0.39 is 6.17 Å². The average Bonchev–Trinajstić information content (AvgIpc) is 2.21. The third-order valence-electron chi connectivity index (χ3n) is 2.00. The van der Waals surface area contributed by atoms with Crippen molar-refractivity contribution in [1.82, 2.24) is 5.32 Å². The number of nitrogens with one attached hydrogen (secondary N) is 1. The summed E-state index contributed by atoms with van der Waals surface area (Å²) in [7, 11) is 1.73. The van der Waals surface area contributed by atoms with Crippen LogP contribution < -0.4 is 5.32 Å². The second-order valence-electron chi connectivity index (χ2n) is 3.15. The molecule has 15 heavy (non-hydrogen) atoms. The highest BCUT2D eigenvalue weighted by molar-refractivity contribution is 7.99. The first-order valence-electron chi connectivity index (χ1n) is 4.90. The Morgan fingerprint density at radius 1 is 1.53 bits per heavy atom. The summed E-state index contributed by atoms with van der Waals surface area (Å²) in [6.45, 7) is 2.38. The number of alkyl halides is 1. The highest BCUT2D eigenvalue weighted by atomic mass is 35.5. The van der Waals surface area contributed by atoms with Crippen LogP contribution in [0.2, 0.25) is 5.02 Å². The van der Waals surface area contributed by atoms with Crippen LogP contribution in [0.25, 0.3) is 0 Å². The molecule has 1 N–H and O–H groups in total. The Labute approximate surface area is 99.4 Å². The van der Waals surface area contributed by atoms with Crippen LogP contribution in [0.3, 0.4) is 0 Å². The molecule has 1 nitrogen and oxygen atoms in total. The van der Waals surface area contributed by atoms with Crippen molar-refractivity contribution in [2.75, 3.05) is 19.3 Å². The lowest BCUT2D eigenvalue weighted by Crippen LogP contribution is -2.13. The summed E-state index contributed by atoms with van der Waals surface area (Å²) in [5.74, 6) is 0.967. The minimum Gasteiger partial charge on any atom is -0.317 e. The maximum atomic E-state index is 13.5. The number of rotatable bonds is 5. The monoisotopic (exact) mass is 247 g/mol. The van der Waals surface area contributed by atoms with Crippen LogP contribution in [0.15, 0.2) is 23.1 Å². The zero-order valence-corrected chi connectivity index (χ0v) is 10.5. The molecule has 1 atom stereocenters. The summed E-state index contributed by atoms with van der Waals surface area (Å²) in [5, 5.41) is 3.44. The molecule has 0 bridgehead atoms. The Morgan fingerprint density at radius 3 is 2.80 bits per heavy atom. The molecule has 1 aromatic carbocycles. The Hall–Kier alpha value is -0.250. The van der Waals surface area contributed by atoms with E-state index in [1.165, 1.54) is 0 Å². The molecule has 0 heterocycles. The molecule has 0 spiro atoms. The van der Waals surface area contributed by atoms with Crippen molar-refractivity contribution in [2.45, 2.75) is 18.0 Å². The third-order valence-corrected chi connectivity index (χ3v) is 3.38. The summed E-state index contributed by atoms with van der Waals surface area (Å²) < 4.78 is 13.5. The van der Waals surface area contributed by atoms with Crippen molar-refractivity contribution in [3.05, 3.63) is 28.8 Å². The van der Waals surface area contributed by atoms with Gasteiger partial charge in [-0.3, -0.25) is 0 Å². The number of thioether (sulfide) groups is 1. The van der Waals surface area contributed by atoms with Gasteiger partial charge in [-0.15, -0.1) is 11.8 Å². The van der Waals surface area contributed by atoms with Gasteiger partial charge in [0.15, 0.2) is 0 Å². The average molecular weight is 248 g/mol. The van der Waals surface area contributed by atoms with Crippen LogP contribution >= 0.6 is 23.4 Å². The maximum absolute atomic E-state index is 13.5. The molecule has 84 valence electrons. The van der Waals surface area contributed by atoms with Crippen molar-refractivity contribution in [3.63, 3.8) is 0 Å². The number of halogens is 2. The highest BCUT2D eigenvalue weighted by Crippen LogP contribution is 2.30. The smallest absolute Gasteiger partial charge is 0.138 e. The van der Waals surface area contributed by atoms with E-state index >= 15 is 0 Å². The zero-order valence-electron chi connectivity index (χ0n) is 8.89. The lowest BCUT2D eigenvalue weighted by molar-refractivity contribution is 0.335. The molecular formula is C11H15ClFNS. The molecule has 1 aromatic rings. The van der Waals surface area contributed by atoms with Gasteiger partial charge in [-0.05, 0) is 30.5 Å². The number of hydrogen-bond acceptors (Lipinski definition) is 2. The van der Waals surface area contributed by atoms with E-state index in [-0.39, 0.29) is 0 Å². The van der Waals surface area contributed by atoms with Gasteiger partial charge in [0.25, 0.3) is 0 Å². The van der Waals surface area contributed by atoms with E-state index in [1.807, 2.05) is 6.07 Å². The van der Waals surface area contributed by atoms with Gasteiger partial charge in [-0.25, -0.2) is 4.39 Å². The summed E-state index contributed by atoms with van der Waals surface area (Å²) in [6.07, 6.45) is -0.992. The van der Waals surface area contributed by atoms with Crippen molar-refractivity contribution >= 4 is 23.4 Å². The molecular weight excluding hydrogens is 233 g/mol. The van der Waals surface area contributed by atoms with E-state index in [4.69, 9.17) is 11.6 Å². The predicted molar refractivity (Wildman–Crippen MR) is 65.6 cm³/mol. The molecule has 0 aliphatic rings. The standard InChI is InChI=1S/C11H15ClFNS/c1-3-15-11-5-4-8(6-9(11)12)10(13)7-14-2/h4-6,10,14H,3,7H2,1-2H3. The third kappa shape index (κ3) is 3.67. The lowest BCUT2D eigenvalue weighted by Gasteiger charge is -2.10. The van der Waals surface area contributed by atoms with Crippen molar-refractivity contribution < 1.29 is 4.39 Å². The molecule has 0 saturated heterocycles.